The Balaban J connectivity index is 2.79. The van der Waals surface area contributed by atoms with E-state index >= 15 is 0 Å². The molecule has 0 fully saturated rings. The van der Waals surface area contributed by atoms with Gasteiger partial charge in [0.2, 0.25) is 0 Å². The molecular formula is C12H19BrN2. The molecule has 0 radical (unpaired) electrons. The zero-order valence-corrected chi connectivity index (χ0v) is 11.3. The van der Waals surface area contributed by atoms with Crippen LogP contribution in [0, 0.1) is 6.92 Å². The van der Waals surface area contributed by atoms with Gasteiger partial charge < -0.3 is 4.90 Å². The van der Waals surface area contributed by atoms with Gasteiger partial charge in [0.25, 0.3) is 0 Å². The Bertz CT molecular complexity index is 299. The maximum absolute atomic E-state index is 4.56. The average Bonchev–Trinajstić information content (AvgIpc) is 2.18. The van der Waals surface area contributed by atoms with E-state index in [1.807, 2.05) is 13.0 Å². The molecule has 2 nitrogen and oxygen atoms in total. The fraction of sp³-hybridized carbons (Fsp3) is 0.583. The molecule has 0 aromatic carbocycles. The van der Waals surface area contributed by atoms with Crippen molar-refractivity contribution < 1.29 is 0 Å². The Morgan fingerprint density at radius 1 is 1.40 bits per heavy atom. The van der Waals surface area contributed by atoms with E-state index in [-0.39, 0.29) is 0 Å². The second-order valence-electron chi connectivity index (χ2n) is 3.97. The Kier molecular flexibility index (Phi) is 5.09. The van der Waals surface area contributed by atoms with Crippen molar-refractivity contribution in [2.75, 3.05) is 16.8 Å². The van der Waals surface area contributed by atoms with Crippen molar-refractivity contribution in [2.24, 2.45) is 0 Å². The average molecular weight is 271 g/mol. The van der Waals surface area contributed by atoms with Gasteiger partial charge in [0, 0.05) is 23.6 Å². The number of hydrogen-bond donors (Lipinski definition) is 0. The van der Waals surface area contributed by atoms with Crippen molar-refractivity contribution in [1.82, 2.24) is 4.98 Å². The van der Waals surface area contributed by atoms with Crippen LogP contribution in [0.5, 0.6) is 0 Å². The summed E-state index contributed by atoms with van der Waals surface area (Å²) in [7, 11) is 0. The molecule has 15 heavy (non-hydrogen) atoms. The van der Waals surface area contributed by atoms with Crippen LogP contribution in [-0.2, 0) is 0 Å². The van der Waals surface area contributed by atoms with Crippen LogP contribution in [0.2, 0.25) is 0 Å². The number of alkyl halides is 1. The number of nitrogens with zero attached hydrogens (tertiary/aromatic N) is 2. The molecule has 0 saturated carbocycles. The highest BCUT2D eigenvalue weighted by molar-refractivity contribution is 9.09. The molecule has 0 aliphatic rings. The minimum absolute atomic E-state index is 0.498. The van der Waals surface area contributed by atoms with Gasteiger partial charge in [0.1, 0.15) is 5.82 Å². The smallest absolute Gasteiger partial charge is 0.129 e. The first kappa shape index (κ1) is 12.5. The summed E-state index contributed by atoms with van der Waals surface area (Å²) in [5.41, 5.74) is 1.08. The van der Waals surface area contributed by atoms with Crippen molar-refractivity contribution >= 4 is 21.7 Å². The lowest BCUT2D eigenvalue weighted by Gasteiger charge is -2.27. The fourth-order valence-electron chi connectivity index (χ4n) is 1.56. The summed E-state index contributed by atoms with van der Waals surface area (Å²) in [6, 6.07) is 6.69. The standard InChI is InChI=1S/C12H19BrN2/c1-10(2)15(9-5-8-13)12-7-4-6-11(3)14-12/h4,6-7,10H,5,8-9H2,1-3H3. The molecule has 0 saturated heterocycles. The van der Waals surface area contributed by atoms with E-state index in [0.717, 1.165) is 29.8 Å². The predicted octanol–water partition coefficient (Wildman–Crippen LogP) is 3.39. The molecule has 0 unspecified atom stereocenters. The van der Waals surface area contributed by atoms with Crippen LogP contribution < -0.4 is 4.90 Å². The number of rotatable bonds is 5. The zero-order valence-electron chi connectivity index (χ0n) is 9.70. The van der Waals surface area contributed by atoms with Crippen LogP contribution in [0.25, 0.3) is 0 Å². The lowest BCUT2D eigenvalue weighted by atomic mass is 10.2. The van der Waals surface area contributed by atoms with Gasteiger partial charge in [-0.1, -0.05) is 22.0 Å². The summed E-state index contributed by atoms with van der Waals surface area (Å²) in [5.74, 6) is 1.09. The monoisotopic (exact) mass is 270 g/mol. The van der Waals surface area contributed by atoms with E-state index in [1.165, 1.54) is 0 Å². The van der Waals surface area contributed by atoms with Crippen molar-refractivity contribution in [1.29, 1.82) is 0 Å². The third kappa shape index (κ3) is 3.82. The van der Waals surface area contributed by atoms with Gasteiger partial charge in [0.15, 0.2) is 0 Å². The van der Waals surface area contributed by atoms with Crippen molar-refractivity contribution in [2.45, 2.75) is 33.2 Å². The van der Waals surface area contributed by atoms with Crippen LogP contribution in [0.3, 0.4) is 0 Å². The highest BCUT2D eigenvalue weighted by atomic mass is 79.9. The molecule has 0 aliphatic carbocycles. The molecule has 0 N–H and O–H groups in total. The Labute approximate surface area is 101 Å². The van der Waals surface area contributed by atoms with Crippen LogP contribution in [0.4, 0.5) is 5.82 Å². The predicted molar refractivity (Wildman–Crippen MR) is 69.9 cm³/mol. The molecule has 0 amide bonds. The van der Waals surface area contributed by atoms with E-state index in [2.05, 4.69) is 51.8 Å². The summed E-state index contributed by atoms with van der Waals surface area (Å²) < 4.78 is 0. The van der Waals surface area contributed by atoms with Crippen molar-refractivity contribution in [3.8, 4) is 0 Å². The van der Waals surface area contributed by atoms with E-state index < -0.39 is 0 Å². The normalized spacial score (nSPS) is 10.7. The Morgan fingerprint density at radius 2 is 2.13 bits per heavy atom. The van der Waals surface area contributed by atoms with Gasteiger partial charge >= 0.3 is 0 Å². The number of halogens is 1. The first-order valence-electron chi connectivity index (χ1n) is 5.41. The summed E-state index contributed by atoms with van der Waals surface area (Å²) in [6.45, 7) is 7.50. The topological polar surface area (TPSA) is 16.1 Å². The van der Waals surface area contributed by atoms with Crippen LogP contribution in [0.1, 0.15) is 26.0 Å². The van der Waals surface area contributed by atoms with Crippen molar-refractivity contribution in [3.05, 3.63) is 23.9 Å². The molecule has 0 spiro atoms. The molecule has 0 bridgehead atoms. The molecule has 1 aromatic rings. The third-order valence-corrected chi connectivity index (χ3v) is 2.88. The quantitative estimate of drug-likeness (QED) is 0.763. The van der Waals surface area contributed by atoms with Gasteiger partial charge in [0.05, 0.1) is 0 Å². The Hall–Kier alpha value is -0.570. The van der Waals surface area contributed by atoms with Gasteiger partial charge in [-0.25, -0.2) is 4.98 Å². The lowest BCUT2D eigenvalue weighted by molar-refractivity contribution is 0.664. The molecule has 3 heteroatoms. The van der Waals surface area contributed by atoms with E-state index in [4.69, 9.17) is 0 Å². The number of anilines is 1. The number of pyridine rings is 1. The van der Waals surface area contributed by atoms with E-state index in [0.29, 0.717) is 6.04 Å². The van der Waals surface area contributed by atoms with Gasteiger partial charge in [-0.3, -0.25) is 0 Å². The third-order valence-electron chi connectivity index (χ3n) is 2.32. The van der Waals surface area contributed by atoms with Gasteiger partial charge in [-0.15, -0.1) is 0 Å². The van der Waals surface area contributed by atoms with Gasteiger partial charge in [-0.2, -0.15) is 0 Å². The summed E-state index contributed by atoms with van der Waals surface area (Å²) in [6.07, 6.45) is 1.15. The molecule has 84 valence electrons. The molecule has 1 aromatic heterocycles. The summed E-state index contributed by atoms with van der Waals surface area (Å²) in [4.78, 5) is 6.90. The SMILES string of the molecule is Cc1cccc(N(CCCBr)C(C)C)n1. The fourth-order valence-corrected chi connectivity index (χ4v) is 1.81. The number of aryl methyl sites for hydroxylation is 1. The molecule has 1 heterocycles. The molecule has 0 aliphatic heterocycles. The molecule has 1 rings (SSSR count). The molecule has 0 atom stereocenters. The number of hydrogen-bond acceptors (Lipinski definition) is 2. The van der Waals surface area contributed by atoms with Crippen LogP contribution in [-0.4, -0.2) is 22.9 Å². The summed E-state index contributed by atoms with van der Waals surface area (Å²) >= 11 is 3.47. The summed E-state index contributed by atoms with van der Waals surface area (Å²) in [5, 5.41) is 1.04. The largest absolute Gasteiger partial charge is 0.354 e. The maximum Gasteiger partial charge on any atom is 0.129 e. The first-order valence-corrected chi connectivity index (χ1v) is 6.53. The maximum atomic E-state index is 4.56. The minimum Gasteiger partial charge on any atom is -0.354 e. The van der Waals surface area contributed by atoms with Crippen molar-refractivity contribution in [3.63, 3.8) is 0 Å². The van der Waals surface area contributed by atoms with Crippen LogP contribution in [0.15, 0.2) is 18.2 Å². The first-order chi connectivity index (χ1) is 7.15. The molecular weight excluding hydrogens is 252 g/mol. The highest BCUT2D eigenvalue weighted by Gasteiger charge is 2.10. The Morgan fingerprint density at radius 3 is 2.67 bits per heavy atom. The van der Waals surface area contributed by atoms with Crippen LogP contribution >= 0.6 is 15.9 Å². The highest BCUT2D eigenvalue weighted by Crippen LogP contribution is 2.15. The second kappa shape index (κ2) is 6.11. The van der Waals surface area contributed by atoms with Gasteiger partial charge in [-0.05, 0) is 39.3 Å². The van der Waals surface area contributed by atoms with E-state index in [9.17, 15) is 0 Å². The zero-order chi connectivity index (χ0) is 11.3. The minimum atomic E-state index is 0.498. The second-order valence-corrected chi connectivity index (χ2v) is 4.76. The number of aromatic nitrogens is 1. The lowest BCUT2D eigenvalue weighted by Crippen LogP contribution is -2.32. The van der Waals surface area contributed by atoms with E-state index in [1.54, 1.807) is 0 Å².